The molecule has 0 heterocycles. The maximum Gasteiger partial charge on any atom is 0.408 e. The summed E-state index contributed by atoms with van der Waals surface area (Å²) < 4.78 is 22.5. The summed E-state index contributed by atoms with van der Waals surface area (Å²) in [6.07, 6.45) is -1.76. The van der Waals surface area contributed by atoms with Crippen molar-refractivity contribution in [1.82, 2.24) is 21.3 Å². The second kappa shape index (κ2) is 19.6. The standard InChI is InChI=1S/C38H56N4O9S/c1-24(50-37(6,7)8)31(33(45)40-29(34(46)48-11)21-49-36(3,4)5)42-32(44)30(22-52-23-39-25(2)43)41-35(47)51-38(9,10)28-19-17-27(18-20-28)26-15-13-12-14-16-26/h12-20,24,29-31H,21-23H2,1-11H3,(H,39,43)(H,40,45)(H,41,47)(H,42,44)/t24-,29+,30+,31-/m1/s1. The summed E-state index contributed by atoms with van der Waals surface area (Å²) >= 11 is 1.18. The highest BCUT2D eigenvalue weighted by Gasteiger charge is 2.36. The van der Waals surface area contributed by atoms with Crippen molar-refractivity contribution in [1.29, 1.82) is 0 Å². The molecule has 2 rings (SSSR count). The number of carbonyl (C=O) groups excluding carboxylic acids is 5. The zero-order chi connectivity index (χ0) is 39.3. The Hall–Kier alpha value is -4.14. The summed E-state index contributed by atoms with van der Waals surface area (Å²) in [6, 6.07) is 13.8. The van der Waals surface area contributed by atoms with Crippen LogP contribution in [0.3, 0.4) is 0 Å². The fraction of sp³-hybridized carbons (Fsp3) is 0.553. The molecule has 13 nitrogen and oxygen atoms in total. The van der Waals surface area contributed by atoms with Crippen LogP contribution < -0.4 is 21.3 Å². The van der Waals surface area contributed by atoms with E-state index >= 15 is 0 Å². The molecule has 0 unspecified atom stereocenters. The first-order valence-corrected chi connectivity index (χ1v) is 18.3. The molecule has 2 aromatic carbocycles. The van der Waals surface area contributed by atoms with E-state index in [2.05, 4.69) is 21.3 Å². The van der Waals surface area contributed by atoms with Gasteiger partial charge in [0.1, 0.15) is 17.7 Å². The molecule has 4 amide bonds. The van der Waals surface area contributed by atoms with Gasteiger partial charge in [-0.25, -0.2) is 9.59 Å². The third-order valence-electron chi connectivity index (χ3n) is 7.43. The summed E-state index contributed by atoms with van der Waals surface area (Å²) in [5.74, 6) is -2.27. The van der Waals surface area contributed by atoms with Gasteiger partial charge in [-0.05, 0) is 79.0 Å². The second-order valence-electron chi connectivity index (χ2n) is 14.7. The van der Waals surface area contributed by atoms with Crippen LogP contribution in [0.25, 0.3) is 11.1 Å². The lowest BCUT2D eigenvalue weighted by molar-refractivity contribution is -0.150. The molecule has 0 fully saturated rings. The molecule has 0 spiro atoms. The van der Waals surface area contributed by atoms with Crippen molar-refractivity contribution in [2.75, 3.05) is 25.3 Å². The fourth-order valence-electron chi connectivity index (χ4n) is 4.85. The zero-order valence-electron chi connectivity index (χ0n) is 32.2. The van der Waals surface area contributed by atoms with Gasteiger partial charge in [-0.2, -0.15) is 0 Å². The number of hydrogen-bond acceptors (Lipinski definition) is 10. The quantitative estimate of drug-likeness (QED) is 0.101. The second-order valence-corrected chi connectivity index (χ2v) is 15.7. The van der Waals surface area contributed by atoms with Gasteiger partial charge in [0.05, 0.1) is 36.9 Å². The van der Waals surface area contributed by atoms with Crippen LogP contribution in [0.2, 0.25) is 0 Å². The van der Waals surface area contributed by atoms with E-state index in [1.54, 1.807) is 62.3 Å². The van der Waals surface area contributed by atoms with E-state index < -0.39 is 64.9 Å². The molecule has 0 aliphatic rings. The van der Waals surface area contributed by atoms with Gasteiger partial charge in [-0.1, -0.05) is 54.6 Å². The SMILES string of the molecule is COC(=O)[C@H](COC(C)(C)C)NC(=O)[C@H](NC(=O)[C@H](CSCNC(C)=O)NC(=O)OC(C)(C)c1ccc(-c2ccccc2)cc1)[C@@H](C)OC(C)(C)C. The van der Waals surface area contributed by atoms with Gasteiger partial charge in [0.15, 0.2) is 6.04 Å². The number of ether oxygens (including phenoxy) is 4. The van der Waals surface area contributed by atoms with E-state index in [4.69, 9.17) is 18.9 Å². The molecule has 0 aliphatic carbocycles. The highest BCUT2D eigenvalue weighted by molar-refractivity contribution is 7.99. The molecule has 0 saturated carbocycles. The molecule has 14 heteroatoms. The number of rotatable bonds is 17. The number of thioether (sulfide) groups is 1. The zero-order valence-corrected chi connectivity index (χ0v) is 33.0. The van der Waals surface area contributed by atoms with Crippen molar-refractivity contribution in [3.63, 3.8) is 0 Å². The molecule has 288 valence electrons. The summed E-state index contributed by atoms with van der Waals surface area (Å²) in [7, 11) is 1.19. The molecule has 0 aliphatic heterocycles. The van der Waals surface area contributed by atoms with Crippen molar-refractivity contribution in [2.45, 2.75) is 110 Å². The topological polar surface area (TPSA) is 170 Å². The minimum atomic E-state index is -1.31. The Bertz CT molecular complexity index is 1490. The lowest BCUT2D eigenvalue weighted by Crippen LogP contribution is -2.61. The molecule has 52 heavy (non-hydrogen) atoms. The van der Waals surface area contributed by atoms with Crippen LogP contribution in [0, 0.1) is 0 Å². The average molecular weight is 745 g/mol. The number of benzene rings is 2. The van der Waals surface area contributed by atoms with Crippen molar-refractivity contribution in [3.05, 3.63) is 60.2 Å². The smallest absolute Gasteiger partial charge is 0.408 e. The molecule has 4 atom stereocenters. The normalized spacial score (nSPS) is 14.2. The monoisotopic (exact) mass is 744 g/mol. The van der Waals surface area contributed by atoms with Crippen LogP contribution in [0.1, 0.15) is 74.8 Å². The highest BCUT2D eigenvalue weighted by atomic mass is 32.2. The van der Waals surface area contributed by atoms with Gasteiger partial charge in [0.2, 0.25) is 17.7 Å². The summed E-state index contributed by atoms with van der Waals surface area (Å²) in [6.45, 7) is 17.1. The van der Waals surface area contributed by atoms with Crippen LogP contribution in [-0.4, -0.2) is 90.6 Å². The van der Waals surface area contributed by atoms with Crippen LogP contribution in [-0.2, 0) is 43.7 Å². The predicted molar refractivity (Wildman–Crippen MR) is 201 cm³/mol. The molecule has 0 radical (unpaired) electrons. The van der Waals surface area contributed by atoms with Gasteiger partial charge in [0.25, 0.3) is 0 Å². The molecule has 4 N–H and O–H groups in total. The molecular weight excluding hydrogens is 689 g/mol. The van der Waals surface area contributed by atoms with Crippen LogP contribution >= 0.6 is 11.8 Å². The van der Waals surface area contributed by atoms with Crippen LogP contribution in [0.15, 0.2) is 54.6 Å². The number of methoxy groups -OCH3 is 1. The van der Waals surface area contributed by atoms with E-state index in [9.17, 15) is 24.0 Å². The molecule has 2 aromatic rings. The van der Waals surface area contributed by atoms with Gasteiger partial charge < -0.3 is 40.2 Å². The van der Waals surface area contributed by atoms with E-state index in [0.29, 0.717) is 0 Å². The Balaban J connectivity index is 2.31. The molecule has 0 aromatic heterocycles. The lowest BCUT2D eigenvalue weighted by atomic mass is 9.95. The first kappa shape index (κ1) is 44.0. The number of hydrogen-bond donors (Lipinski definition) is 4. The maximum absolute atomic E-state index is 13.9. The van der Waals surface area contributed by atoms with Crippen LogP contribution in [0.4, 0.5) is 4.79 Å². The Morgan fingerprint density at radius 3 is 1.88 bits per heavy atom. The lowest BCUT2D eigenvalue weighted by Gasteiger charge is -2.33. The summed E-state index contributed by atoms with van der Waals surface area (Å²) in [5.41, 5.74) is 0.365. The first-order valence-electron chi connectivity index (χ1n) is 17.1. The number of alkyl carbamates (subject to hydrolysis) is 1. The molecule has 0 saturated heterocycles. The van der Waals surface area contributed by atoms with Gasteiger partial charge in [-0.15, -0.1) is 11.8 Å². The Labute approximate surface area is 312 Å². The third kappa shape index (κ3) is 15.6. The highest BCUT2D eigenvalue weighted by Crippen LogP contribution is 2.28. The van der Waals surface area contributed by atoms with Crippen molar-refractivity contribution in [3.8, 4) is 11.1 Å². The Kier molecular flexibility index (Phi) is 16.6. The van der Waals surface area contributed by atoms with E-state index in [0.717, 1.165) is 16.7 Å². The minimum Gasteiger partial charge on any atom is -0.467 e. The third-order valence-corrected chi connectivity index (χ3v) is 8.34. The number of esters is 1. The van der Waals surface area contributed by atoms with Crippen molar-refractivity contribution >= 4 is 41.5 Å². The fourth-order valence-corrected chi connectivity index (χ4v) is 5.74. The van der Waals surface area contributed by atoms with E-state index in [1.165, 1.54) is 25.8 Å². The predicted octanol–water partition coefficient (Wildman–Crippen LogP) is 4.67. The molecular formula is C38H56N4O9S. The Morgan fingerprint density at radius 1 is 0.750 bits per heavy atom. The number of carbonyl (C=O) groups is 5. The minimum absolute atomic E-state index is 0.0144. The summed E-state index contributed by atoms with van der Waals surface area (Å²) in [4.78, 5) is 65.1. The first-order chi connectivity index (χ1) is 24.1. The number of nitrogens with one attached hydrogen (secondary N) is 4. The van der Waals surface area contributed by atoms with E-state index in [1.807, 2.05) is 54.6 Å². The van der Waals surface area contributed by atoms with Crippen LogP contribution in [0.5, 0.6) is 0 Å². The number of amides is 4. The summed E-state index contributed by atoms with van der Waals surface area (Å²) in [5, 5.41) is 10.6. The van der Waals surface area contributed by atoms with E-state index in [-0.39, 0.29) is 24.1 Å². The van der Waals surface area contributed by atoms with Gasteiger partial charge in [0, 0.05) is 12.7 Å². The van der Waals surface area contributed by atoms with Crippen molar-refractivity contribution < 1.29 is 42.9 Å². The average Bonchev–Trinajstić information content (AvgIpc) is 3.05. The van der Waals surface area contributed by atoms with Gasteiger partial charge >= 0.3 is 12.1 Å². The van der Waals surface area contributed by atoms with Gasteiger partial charge in [-0.3, -0.25) is 14.4 Å². The molecule has 0 bridgehead atoms. The Morgan fingerprint density at radius 2 is 1.35 bits per heavy atom. The maximum atomic E-state index is 13.9. The largest absolute Gasteiger partial charge is 0.467 e. The van der Waals surface area contributed by atoms with Crippen molar-refractivity contribution in [2.24, 2.45) is 0 Å².